The fourth-order valence-corrected chi connectivity index (χ4v) is 2.95. The second kappa shape index (κ2) is 12.5. The van der Waals surface area contributed by atoms with E-state index in [1.54, 1.807) is 24.3 Å². The summed E-state index contributed by atoms with van der Waals surface area (Å²) in [6.07, 6.45) is 3.77. The summed E-state index contributed by atoms with van der Waals surface area (Å²) < 4.78 is 5.55. The number of nitrogens with one attached hydrogen (secondary N) is 1. The highest BCUT2D eigenvalue weighted by atomic mass is 35.5. The highest BCUT2D eigenvalue weighted by molar-refractivity contribution is 6.30. The van der Waals surface area contributed by atoms with Gasteiger partial charge in [-0.3, -0.25) is 4.79 Å². The molecule has 2 aromatic carbocycles. The van der Waals surface area contributed by atoms with Crippen molar-refractivity contribution in [3.05, 3.63) is 96.1 Å². The van der Waals surface area contributed by atoms with E-state index in [9.17, 15) is 9.59 Å². The third-order valence-electron chi connectivity index (χ3n) is 4.38. The highest BCUT2D eigenvalue weighted by Gasteiger charge is 2.20. The van der Waals surface area contributed by atoms with Crippen molar-refractivity contribution in [1.82, 2.24) is 10.2 Å². The lowest BCUT2D eigenvalue weighted by Gasteiger charge is -2.24. The molecule has 0 saturated heterocycles. The normalized spacial score (nSPS) is 11.2. The molecule has 158 valence electrons. The number of allylic oxidation sites excluding steroid dienone is 1. The molecule has 1 unspecified atom stereocenters. The monoisotopic (exact) mass is 426 g/mol. The highest BCUT2D eigenvalue weighted by Crippen LogP contribution is 2.16. The van der Waals surface area contributed by atoms with Crippen molar-refractivity contribution in [2.24, 2.45) is 0 Å². The van der Waals surface area contributed by atoms with E-state index in [4.69, 9.17) is 16.3 Å². The molecule has 0 radical (unpaired) electrons. The van der Waals surface area contributed by atoms with Crippen LogP contribution < -0.4 is 5.32 Å². The van der Waals surface area contributed by atoms with Crippen LogP contribution in [0.4, 0.5) is 4.79 Å². The molecule has 0 aliphatic rings. The summed E-state index contributed by atoms with van der Waals surface area (Å²) >= 11 is 5.93. The summed E-state index contributed by atoms with van der Waals surface area (Å²) in [6, 6.07) is 16.3. The van der Waals surface area contributed by atoms with Crippen molar-refractivity contribution in [1.29, 1.82) is 0 Å². The second-order valence-electron chi connectivity index (χ2n) is 6.73. The van der Waals surface area contributed by atoms with Gasteiger partial charge < -0.3 is 15.0 Å². The average Bonchev–Trinajstić information content (AvgIpc) is 2.76. The number of amides is 2. The quantitative estimate of drug-likeness (QED) is 0.497. The van der Waals surface area contributed by atoms with Gasteiger partial charge in [0.05, 0.1) is 6.04 Å². The van der Waals surface area contributed by atoms with Gasteiger partial charge in [0.15, 0.2) is 0 Å². The summed E-state index contributed by atoms with van der Waals surface area (Å²) in [4.78, 5) is 26.4. The lowest BCUT2D eigenvalue weighted by atomic mass is 10.1. The molecule has 0 aliphatic heterocycles. The van der Waals surface area contributed by atoms with E-state index in [2.05, 4.69) is 18.5 Å². The first-order valence-corrected chi connectivity index (χ1v) is 10.1. The smallest absolute Gasteiger partial charge is 0.410 e. The van der Waals surface area contributed by atoms with Gasteiger partial charge in [0.2, 0.25) is 5.91 Å². The molecule has 2 amide bonds. The molecule has 1 atom stereocenters. The Morgan fingerprint density at radius 3 is 2.40 bits per heavy atom. The number of nitrogens with zero attached hydrogens (tertiary/aromatic N) is 1. The van der Waals surface area contributed by atoms with Crippen LogP contribution in [0.15, 0.2) is 79.9 Å². The Balaban J connectivity index is 2.03. The van der Waals surface area contributed by atoms with E-state index in [1.807, 2.05) is 42.5 Å². The van der Waals surface area contributed by atoms with Crippen LogP contribution in [0, 0.1) is 0 Å². The van der Waals surface area contributed by atoms with Crippen LogP contribution in [0.1, 0.15) is 30.0 Å². The van der Waals surface area contributed by atoms with Gasteiger partial charge in [0, 0.05) is 24.5 Å². The molecule has 5 nitrogen and oxygen atoms in total. The Kier molecular flexibility index (Phi) is 9.68. The minimum Gasteiger partial charge on any atom is -0.447 e. The SMILES string of the molecule is C=CCCC(=O)NC(COC(=O)N(CC=C)Cc1ccc(Cl)cc1)c1ccccc1. The summed E-state index contributed by atoms with van der Waals surface area (Å²) in [5.41, 5.74) is 1.79. The third kappa shape index (κ3) is 7.76. The maximum Gasteiger partial charge on any atom is 0.410 e. The van der Waals surface area contributed by atoms with Crippen LogP contribution in [0.3, 0.4) is 0 Å². The van der Waals surface area contributed by atoms with Crippen LogP contribution in [-0.4, -0.2) is 30.1 Å². The summed E-state index contributed by atoms with van der Waals surface area (Å²) in [6.45, 7) is 8.07. The first-order valence-electron chi connectivity index (χ1n) is 9.75. The molecular formula is C24H27ClN2O3. The van der Waals surface area contributed by atoms with Gasteiger partial charge in [-0.1, -0.05) is 66.2 Å². The molecule has 2 aromatic rings. The standard InChI is InChI=1S/C24H27ClN2O3/c1-3-5-11-23(28)26-22(20-9-7-6-8-10-20)18-30-24(29)27(16-4-2)17-19-12-14-21(25)15-13-19/h3-4,6-10,12-15,22H,1-2,5,11,16-18H2,(H,26,28). The van der Waals surface area contributed by atoms with Gasteiger partial charge in [0.1, 0.15) is 6.61 Å². The Morgan fingerprint density at radius 2 is 1.77 bits per heavy atom. The van der Waals surface area contributed by atoms with Gasteiger partial charge >= 0.3 is 6.09 Å². The van der Waals surface area contributed by atoms with Gasteiger partial charge in [-0.05, 0) is 29.7 Å². The molecule has 0 heterocycles. The van der Waals surface area contributed by atoms with Gasteiger partial charge in [-0.15, -0.1) is 13.2 Å². The number of carbonyl (C=O) groups is 2. The lowest BCUT2D eigenvalue weighted by molar-refractivity contribution is -0.122. The van der Waals surface area contributed by atoms with Crippen LogP contribution >= 0.6 is 11.6 Å². The molecule has 1 N–H and O–H groups in total. The molecule has 30 heavy (non-hydrogen) atoms. The molecular weight excluding hydrogens is 400 g/mol. The molecule has 0 bridgehead atoms. The minimum absolute atomic E-state index is 0.0247. The largest absolute Gasteiger partial charge is 0.447 e. The number of hydrogen-bond acceptors (Lipinski definition) is 3. The summed E-state index contributed by atoms with van der Waals surface area (Å²) in [5.74, 6) is -0.121. The average molecular weight is 427 g/mol. The van der Waals surface area contributed by atoms with Crippen LogP contribution in [0.5, 0.6) is 0 Å². The first kappa shape index (κ1) is 23.2. The van der Waals surface area contributed by atoms with Gasteiger partial charge in [0.25, 0.3) is 0 Å². The number of benzene rings is 2. The van der Waals surface area contributed by atoms with E-state index < -0.39 is 12.1 Å². The molecule has 6 heteroatoms. The van der Waals surface area contributed by atoms with Crippen LogP contribution in [0.2, 0.25) is 5.02 Å². The van der Waals surface area contributed by atoms with Crippen molar-refractivity contribution in [2.45, 2.75) is 25.4 Å². The Morgan fingerprint density at radius 1 is 1.07 bits per heavy atom. The second-order valence-corrected chi connectivity index (χ2v) is 7.17. The van der Waals surface area contributed by atoms with Crippen LogP contribution in [0.25, 0.3) is 0 Å². The number of ether oxygens (including phenoxy) is 1. The summed E-state index contributed by atoms with van der Waals surface area (Å²) in [5, 5.41) is 3.57. The van der Waals surface area contributed by atoms with Crippen molar-refractivity contribution >= 4 is 23.6 Å². The minimum atomic E-state index is -0.480. The molecule has 0 spiro atoms. The van der Waals surface area contributed by atoms with Crippen LogP contribution in [-0.2, 0) is 16.1 Å². The van der Waals surface area contributed by atoms with Gasteiger partial charge in [-0.25, -0.2) is 4.79 Å². The van der Waals surface area contributed by atoms with E-state index >= 15 is 0 Å². The fraction of sp³-hybridized carbons (Fsp3) is 0.250. The lowest BCUT2D eigenvalue weighted by Crippen LogP contribution is -2.36. The van der Waals surface area contributed by atoms with E-state index in [0.717, 1.165) is 11.1 Å². The predicted molar refractivity (Wildman–Crippen MR) is 120 cm³/mol. The van der Waals surface area contributed by atoms with Crippen molar-refractivity contribution < 1.29 is 14.3 Å². The van der Waals surface area contributed by atoms with Crippen molar-refractivity contribution in [3.63, 3.8) is 0 Å². The molecule has 0 fully saturated rings. The van der Waals surface area contributed by atoms with E-state index in [0.29, 0.717) is 31.0 Å². The fourth-order valence-electron chi connectivity index (χ4n) is 2.82. The topological polar surface area (TPSA) is 58.6 Å². The zero-order valence-electron chi connectivity index (χ0n) is 16.9. The van der Waals surface area contributed by atoms with E-state index in [1.165, 1.54) is 4.90 Å². The molecule has 0 aliphatic carbocycles. The maximum atomic E-state index is 12.7. The molecule has 0 aromatic heterocycles. The van der Waals surface area contributed by atoms with Crippen molar-refractivity contribution in [2.75, 3.05) is 13.2 Å². The Labute approximate surface area is 183 Å². The Bertz CT molecular complexity index is 837. The summed E-state index contributed by atoms with van der Waals surface area (Å²) in [7, 11) is 0. The third-order valence-corrected chi connectivity index (χ3v) is 4.63. The molecule has 2 rings (SSSR count). The maximum absolute atomic E-state index is 12.7. The number of rotatable bonds is 11. The number of carbonyl (C=O) groups excluding carboxylic acids is 2. The van der Waals surface area contributed by atoms with Crippen molar-refractivity contribution in [3.8, 4) is 0 Å². The van der Waals surface area contributed by atoms with Gasteiger partial charge in [-0.2, -0.15) is 0 Å². The zero-order chi connectivity index (χ0) is 21.8. The Hall–Kier alpha value is -3.05. The molecule has 0 saturated carbocycles. The first-order chi connectivity index (χ1) is 14.5. The van der Waals surface area contributed by atoms with E-state index in [-0.39, 0.29) is 12.5 Å². The zero-order valence-corrected chi connectivity index (χ0v) is 17.7. The number of hydrogen-bond donors (Lipinski definition) is 1. The predicted octanol–water partition coefficient (Wildman–Crippen LogP) is 5.29. The number of halogens is 1.